The molecule has 0 saturated heterocycles. The lowest BCUT2D eigenvalue weighted by Crippen LogP contribution is -2.30. The number of rotatable bonds is 6. The number of para-hydroxylation sites is 1. The summed E-state index contributed by atoms with van der Waals surface area (Å²) < 4.78 is 5.20. The number of amides is 1. The largest absolute Gasteiger partial charge is 0.453 e. The zero-order valence-corrected chi connectivity index (χ0v) is 14.1. The molecule has 0 fully saturated rings. The number of nitrogens with zero attached hydrogens (tertiary/aromatic N) is 2. The van der Waals surface area contributed by atoms with Crippen molar-refractivity contribution < 1.29 is 14.3 Å². The average Bonchev–Trinajstić information content (AvgIpc) is 2.62. The van der Waals surface area contributed by atoms with Crippen molar-refractivity contribution in [2.75, 3.05) is 5.32 Å². The Morgan fingerprint density at radius 2 is 2.00 bits per heavy atom. The summed E-state index contributed by atoms with van der Waals surface area (Å²) in [6.07, 6.45) is 2.56. The summed E-state index contributed by atoms with van der Waals surface area (Å²) >= 11 is 0. The molecule has 128 valence electrons. The minimum Gasteiger partial charge on any atom is -0.453 e. The summed E-state index contributed by atoms with van der Waals surface area (Å²) in [5.41, 5.74) is 1.67. The zero-order valence-electron chi connectivity index (χ0n) is 14.1. The van der Waals surface area contributed by atoms with Crippen LogP contribution in [0.1, 0.15) is 37.3 Å². The Labute approximate surface area is 146 Å². The van der Waals surface area contributed by atoms with E-state index in [0.717, 1.165) is 5.56 Å². The second-order valence-electron chi connectivity index (χ2n) is 5.67. The molecule has 25 heavy (non-hydrogen) atoms. The maximum Gasteiger partial charge on any atom is 0.307 e. The maximum atomic E-state index is 12.2. The second kappa shape index (κ2) is 8.60. The van der Waals surface area contributed by atoms with E-state index in [0.29, 0.717) is 11.3 Å². The van der Waals surface area contributed by atoms with E-state index in [9.17, 15) is 9.59 Å². The Bertz CT molecular complexity index is 784. The van der Waals surface area contributed by atoms with Gasteiger partial charge in [-0.2, -0.15) is 5.26 Å². The highest BCUT2D eigenvalue weighted by Crippen LogP contribution is 2.19. The minimum absolute atomic E-state index is 0.0595. The van der Waals surface area contributed by atoms with Crippen LogP contribution in [0.2, 0.25) is 0 Å². The van der Waals surface area contributed by atoms with Crippen molar-refractivity contribution in [1.29, 1.82) is 5.26 Å². The van der Waals surface area contributed by atoms with Crippen LogP contribution in [-0.2, 0) is 14.3 Å². The van der Waals surface area contributed by atoms with Gasteiger partial charge in [-0.1, -0.05) is 25.1 Å². The molecule has 1 amide bonds. The molecule has 0 saturated carbocycles. The lowest BCUT2D eigenvalue weighted by molar-refractivity contribution is -0.153. The number of hydrogen-bond donors (Lipinski definition) is 1. The van der Waals surface area contributed by atoms with E-state index >= 15 is 0 Å². The molecule has 0 bridgehead atoms. The fourth-order valence-corrected chi connectivity index (χ4v) is 2.26. The number of hydrogen-bond acceptors (Lipinski definition) is 5. The summed E-state index contributed by atoms with van der Waals surface area (Å²) in [7, 11) is 0. The molecule has 1 aromatic carbocycles. The van der Waals surface area contributed by atoms with Gasteiger partial charge in [0.2, 0.25) is 0 Å². The van der Waals surface area contributed by atoms with Crippen LogP contribution in [0.3, 0.4) is 0 Å². The maximum absolute atomic E-state index is 12.2. The van der Waals surface area contributed by atoms with Crippen molar-refractivity contribution in [2.24, 2.45) is 0 Å². The highest BCUT2D eigenvalue weighted by Gasteiger charge is 2.20. The van der Waals surface area contributed by atoms with Crippen LogP contribution in [0.4, 0.5) is 5.69 Å². The van der Waals surface area contributed by atoms with E-state index in [1.54, 1.807) is 42.7 Å². The molecule has 2 atom stereocenters. The predicted molar refractivity (Wildman–Crippen MR) is 92.6 cm³/mol. The highest BCUT2D eigenvalue weighted by molar-refractivity contribution is 5.96. The van der Waals surface area contributed by atoms with Crippen molar-refractivity contribution in [3.05, 3.63) is 59.9 Å². The first-order valence-electron chi connectivity index (χ1n) is 7.90. The smallest absolute Gasteiger partial charge is 0.307 e. The van der Waals surface area contributed by atoms with Crippen molar-refractivity contribution in [1.82, 2.24) is 4.98 Å². The van der Waals surface area contributed by atoms with Crippen LogP contribution in [0.25, 0.3) is 0 Å². The molecule has 1 N–H and O–H groups in total. The number of nitrogens with one attached hydrogen (secondary N) is 1. The molecule has 6 heteroatoms. The number of carbonyl (C=O) groups is 2. The Kier molecular flexibility index (Phi) is 6.24. The van der Waals surface area contributed by atoms with Crippen LogP contribution in [0.5, 0.6) is 0 Å². The van der Waals surface area contributed by atoms with E-state index in [-0.39, 0.29) is 12.3 Å². The predicted octanol–water partition coefficient (Wildman–Crippen LogP) is 3.02. The number of benzene rings is 1. The normalized spacial score (nSPS) is 12.5. The zero-order chi connectivity index (χ0) is 18.2. The van der Waals surface area contributed by atoms with E-state index in [4.69, 9.17) is 10.00 Å². The molecule has 0 radical (unpaired) electrons. The average molecular weight is 337 g/mol. The number of ether oxygens (including phenoxy) is 1. The van der Waals surface area contributed by atoms with E-state index < -0.39 is 18.0 Å². The van der Waals surface area contributed by atoms with Gasteiger partial charge in [0.05, 0.1) is 17.7 Å². The van der Waals surface area contributed by atoms with Crippen molar-refractivity contribution in [3.8, 4) is 6.07 Å². The van der Waals surface area contributed by atoms with Gasteiger partial charge in [0.15, 0.2) is 6.10 Å². The first kappa shape index (κ1) is 18.1. The highest BCUT2D eigenvalue weighted by atomic mass is 16.5. The van der Waals surface area contributed by atoms with Crippen molar-refractivity contribution >= 4 is 17.6 Å². The molecule has 0 aliphatic heterocycles. The molecule has 1 aromatic heterocycles. The van der Waals surface area contributed by atoms with E-state index in [2.05, 4.69) is 10.3 Å². The van der Waals surface area contributed by atoms with Gasteiger partial charge in [0.1, 0.15) is 6.07 Å². The Hall–Kier alpha value is -3.20. The van der Waals surface area contributed by atoms with Gasteiger partial charge in [-0.3, -0.25) is 14.6 Å². The third-order valence-electron chi connectivity index (χ3n) is 3.71. The molecule has 2 aromatic rings. The standard InChI is InChI=1S/C19H19N3O3/c1-13(16-7-5-9-21-12-16)10-18(23)25-14(2)19(24)22-17-8-4-3-6-15(17)11-20/h3-9,12-14H,10H2,1-2H3,(H,22,24)/t13-,14-/m0/s1. The lowest BCUT2D eigenvalue weighted by atomic mass is 10.00. The summed E-state index contributed by atoms with van der Waals surface area (Å²) in [5.74, 6) is -1.01. The van der Waals surface area contributed by atoms with Crippen LogP contribution < -0.4 is 5.32 Å². The van der Waals surface area contributed by atoms with Gasteiger partial charge in [-0.05, 0) is 36.6 Å². The second-order valence-corrected chi connectivity index (χ2v) is 5.67. The molecule has 0 aliphatic carbocycles. The molecule has 0 spiro atoms. The third-order valence-corrected chi connectivity index (χ3v) is 3.71. The van der Waals surface area contributed by atoms with Crippen LogP contribution in [0, 0.1) is 11.3 Å². The number of esters is 1. The minimum atomic E-state index is -0.958. The molecule has 1 heterocycles. The summed E-state index contributed by atoms with van der Waals surface area (Å²) in [5, 5.41) is 11.6. The monoisotopic (exact) mass is 337 g/mol. The fourth-order valence-electron chi connectivity index (χ4n) is 2.26. The number of pyridine rings is 1. The Balaban J connectivity index is 1.90. The fraction of sp³-hybridized carbons (Fsp3) is 0.263. The van der Waals surface area contributed by atoms with Crippen LogP contribution >= 0.6 is 0 Å². The van der Waals surface area contributed by atoms with E-state index in [1.807, 2.05) is 19.1 Å². The van der Waals surface area contributed by atoms with E-state index in [1.165, 1.54) is 6.92 Å². The number of aromatic nitrogens is 1. The molecule has 0 aliphatic rings. The molecule has 2 rings (SSSR count). The van der Waals surface area contributed by atoms with Gasteiger partial charge in [-0.15, -0.1) is 0 Å². The first-order chi connectivity index (χ1) is 12.0. The number of nitriles is 1. The van der Waals surface area contributed by atoms with Gasteiger partial charge >= 0.3 is 5.97 Å². The topological polar surface area (TPSA) is 92.1 Å². The lowest BCUT2D eigenvalue weighted by Gasteiger charge is -2.16. The van der Waals surface area contributed by atoms with Crippen LogP contribution in [0.15, 0.2) is 48.8 Å². The number of carbonyl (C=O) groups excluding carboxylic acids is 2. The van der Waals surface area contributed by atoms with Gasteiger partial charge in [0, 0.05) is 12.4 Å². The SMILES string of the molecule is C[C@H](OC(=O)C[C@H](C)c1cccnc1)C(=O)Nc1ccccc1C#N. The first-order valence-corrected chi connectivity index (χ1v) is 7.90. The van der Waals surface area contributed by atoms with Crippen LogP contribution in [-0.4, -0.2) is 23.0 Å². The summed E-state index contributed by atoms with van der Waals surface area (Å²) in [4.78, 5) is 28.2. The number of anilines is 1. The Morgan fingerprint density at radius 1 is 1.24 bits per heavy atom. The quantitative estimate of drug-likeness (QED) is 0.818. The molecular weight excluding hydrogens is 318 g/mol. The Morgan fingerprint density at radius 3 is 2.68 bits per heavy atom. The summed E-state index contributed by atoms with van der Waals surface area (Å²) in [6.45, 7) is 3.39. The van der Waals surface area contributed by atoms with Crippen molar-refractivity contribution in [3.63, 3.8) is 0 Å². The van der Waals surface area contributed by atoms with Gasteiger partial charge in [-0.25, -0.2) is 0 Å². The molecule has 6 nitrogen and oxygen atoms in total. The van der Waals surface area contributed by atoms with Gasteiger partial charge < -0.3 is 10.1 Å². The molecular formula is C19H19N3O3. The van der Waals surface area contributed by atoms with Gasteiger partial charge in [0.25, 0.3) is 5.91 Å². The third kappa shape index (κ3) is 5.15. The van der Waals surface area contributed by atoms with Crippen molar-refractivity contribution in [2.45, 2.75) is 32.3 Å². The summed E-state index contributed by atoms with van der Waals surface area (Å²) in [6, 6.07) is 12.3. The molecule has 0 unspecified atom stereocenters.